The molecule has 0 N–H and O–H groups in total. The molecule has 0 amide bonds. The molecule has 4 nitrogen and oxygen atoms in total. The zero-order valence-electron chi connectivity index (χ0n) is 12.1. The summed E-state index contributed by atoms with van der Waals surface area (Å²) in [5.41, 5.74) is 1.03. The summed E-state index contributed by atoms with van der Waals surface area (Å²) in [6, 6.07) is 11.1. The molecule has 0 spiro atoms. The molecule has 0 aliphatic carbocycles. The molecule has 0 bridgehead atoms. The molecule has 0 saturated heterocycles. The first kappa shape index (κ1) is 14.1. The van der Waals surface area contributed by atoms with Crippen LogP contribution in [0.4, 0.5) is 0 Å². The SMILES string of the molecule is COc1ccc(C)c(Oc2ccc(OC)c(OC)c2)c1. The normalized spacial score (nSPS) is 10.0. The van der Waals surface area contributed by atoms with Crippen LogP contribution in [0.1, 0.15) is 5.56 Å². The second-order valence-electron chi connectivity index (χ2n) is 4.25. The van der Waals surface area contributed by atoms with Gasteiger partial charge in [0.1, 0.15) is 17.2 Å². The van der Waals surface area contributed by atoms with Crippen LogP contribution in [-0.2, 0) is 0 Å². The van der Waals surface area contributed by atoms with Crippen LogP contribution >= 0.6 is 0 Å². The molecule has 20 heavy (non-hydrogen) atoms. The van der Waals surface area contributed by atoms with Gasteiger partial charge in [-0.3, -0.25) is 0 Å². The maximum absolute atomic E-state index is 5.88. The quantitative estimate of drug-likeness (QED) is 0.830. The molecule has 0 heterocycles. The third-order valence-corrected chi connectivity index (χ3v) is 2.98. The van der Waals surface area contributed by atoms with Gasteiger partial charge in [-0.25, -0.2) is 0 Å². The van der Waals surface area contributed by atoms with Crippen molar-refractivity contribution >= 4 is 0 Å². The van der Waals surface area contributed by atoms with Crippen LogP contribution in [0.2, 0.25) is 0 Å². The van der Waals surface area contributed by atoms with Gasteiger partial charge < -0.3 is 18.9 Å². The average Bonchev–Trinajstić information content (AvgIpc) is 2.49. The highest BCUT2D eigenvalue weighted by molar-refractivity contribution is 5.48. The van der Waals surface area contributed by atoms with Crippen molar-refractivity contribution < 1.29 is 18.9 Å². The maximum Gasteiger partial charge on any atom is 0.164 e. The van der Waals surface area contributed by atoms with E-state index in [1.165, 1.54) is 0 Å². The second kappa shape index (κ2) is 6.19. The molecule has 0 atom stereocenters. The number of methoxy groups -OCH3 is 3. The Morgan fingerprint density at radius 2 is 1.30 bits per heavy atom. The molecule has 0 aliphatic rings. The van der Waals surface area contributed by atoms with E-state index in [-0.39, 0.29) is 0 Å². The lowest BCUT2D eigenvalue weighted by Crippen LogP contribution is -1.93. The van der Waals surface area contributed by atoms with Gasteiger partial charge in [0.2, 0.25) is 0 Å². The summed E-state index contributed by atoms with van der Waals surface area (Å²) in [5, 5.41) is 0. The summed E-state index contributed by atoms with van der Waals surface area (Å²) in [4.78, 5) is 0. The second-order valence-corrected chi connectivity index (χ2v) is 4.25. The van der Waals surface area contributed by atoms with E-state index in [0.29, 0.717) is 17.2 Å². The molecule has 106 valence electrons. The van der Waals surface area contributed by atoms with Crippen LogP contribution in [0.15, 0.2) is 36.4 Å². The molecule has 0 saturated carbocycles. The summed E-state index contributed by atoms with van der Waals surface area (Å²) in [5.74, 6) is 3.48. The molecule has 2 aromatic rings. The molecule has 2 aromatic carbocycles. The highest BCUT2D eigenvalue weighted by Crippen LogP contribution is 2.34. The monoisotopic (exact) mass is 274 g/mol. The Labute approximate surface area is 118 Å². The number of hydrogen-bond donors (Lipinski definition) is 0. The van der Waals surface area contributed by atoms with Crippen molar-refractivity contribution in [3.63, 3.8) is 0 Å². The summed E-state index contributed by atoms with van der Waals surface area (Å²) in [6.45, 7) is 1.98. The first-order valence-corrected chi connectivity index (χ1v) is 6.22. The fourth-order valence-corrected chi connectivity index (χ4v) is 1.82. The predicted molar refractivity (Wildman–Crippen MR) is 77.4 cm³/mol. The fourth-order valence-electron chi connectivity index (χ4n) is 1.82. The van der Waals surface area contributed by atoms with E-state index in [1.54, 1.807) is 27.4 Å². The van der Waals surface area contributed by atoms with Crippen LogP contribution in [0.25, 0.3) is 0 Å². The van der Waals surface area contributed by atoms with Crippen molar-refractivity contribution in [2.75, 3.05) is 21.3 Å². The minimum Gasteiger partial charge on any atom is -0.497 e. The lowest BCUT2D eigenvalue weighted by atomic mass is 10.2. The highest BCUT2D eigenvalue weighted by atomic mass is 16.5. The van der Waals surface area contributed by atoms with Crippen LogP contribution < -0.4 is 18.9 Å². The van der Waals surface area contributed by atoms with E-state index in [2.05, 4.69) is 0 Å². The summed E-state index contributed by atoms with van der Waals surface area (Å²) in [7, 11) is 4.83. The topological polar surface area (TPSA) is 36.9 Å². The summed E-state index contributed by atoms with van der Waals surface area (Å²) >= 11 is 0. The number of rotatable bonds is 5. The van der Waals surface area contributed by atoms with Crippen molar-refractivity contribution in [1.29, 1.82) is 0 Å². The molecule has 0 unspecified atom stereocenters. The third kappa shape index (κ3) is 2.96. The van der Waals surface area contributed by atoms with Gasteiger partial charge in [-0.2, -0.15) is 0 Å². The number of benzene rings is 2. The number of ether oxygens (including phenoxy) is 4. The van der Waals surface area contributed by atoms with Gasteiger partial charge in [-0.05, 0) is 30.7 Å². The molecular weight excluding hydrogens is 256 g/mol. The largest absolute Gasteiger partial charge is 0.497 e. The first-order chi connectivity index (χ1) is 9.67. The Bertz CT molecular complexity index is 593. The van der Waals surface area contributed by atoms with E-state index in [4.69, 9.17) is 18.9 Å². The molecular formula is C16H18O4. The number of aryl methyl sites for hydroxylation is 1. The van der Waals surface area contributed by atoms with Crippen LogP contribution in [0.5, 0.6) is 28.7 Å². The standard InChI is InChI=1S/C16H18O4/c1-11-5-6-12(17-2)9-15(11)20-13-7-8-14(18-3)16(10-13)19-4/h5-10H,1-4H3. The van der Waals surface area contributed by atoms with E-state index < -0.39 is 0 Å². The highest BCUT2D eigenvalue weighted by Gasteiger charge is 2.08. The van der Waals surface area contributed by atoms with Gasteiger partial charge in [-0.1, -0.05) is 6.07 Å². The van der Waals surface area contributed by atoms with Crippen LogP contribution in [0, 0.1) is 6.92 Å². The molecule has 0 aliphatic heterocycles. The third-order valence-electron chi connectivity index (χ3n) is 2.98. The summed E-state index contributed by atoms with van der Waals surface area (Å²) in [6.07, 6.45) is 0. The van der Waals surface area contributed by atoms with Gasteiger partial charge in [0.15, 0.2) is 11.5 Å². The molecule has 4 heteroatoms. The molecule has 0 aromatic heterocycles. The van der Waals surface area contributed by atoms with E-state index in [1.807, 2.05) is 37.3 Å². The van der Waals surface area contributed by atoms with Gasteiger partial charge >= 0.3 is 0 Å². The minimum atomic E-state index is 0.630. The number of hydrogen-bond acceptors (Lipinski definition) is 4. The minimum absolute atomic E-state index is 0.630. The zero-order chi connectivity index (χ0) is 14.5. The van der Waals surface area contributed by atoms with E-state index in [0.717, 1.165) is 17.1 Å². The zero-order valence-corrected chi connectivity index (χ0v) is 12.1. The van der Waals surface area contributed by atoms with Crippen molar-refractivity contribution in [3.8, 4) is 28.7 Å². The van der Waals surface area contributed by atoms with Gasteiger partial charge in [0.05, 0.1) is 21.3 Å². The van der Waals surface area contributed by atoms with Gasteiger partial charge in [0, 0.05) is 12.1 Å². The van der Waals surface area contributed by atoms with Gasteiger partial charge in [-0.15, -0.1) is 0 Å². The van der Waals surface area contributed by atoms with E-state index in [9.17, 15) is 0 Å². The van der Waals surface area contributed by atoms with Crippen molar-refractivity contribution in [3.05, 3.63) is 42.0 Å². The Balaban J connectivity index is 2.30. The average molecular weight is 274 g/mol. The maximum atomic E-state index is 5.88. The smallest absolute Gasteiger partial charge is 0.164 e. The molecule has 0 radical (unpaired) electrons. The molecule has 2 rings (SSSR count). The Morgan fingerprint density at radius 1 is 0.650 bits per heavy atom. The Kier molecular flexibility index (Phi) is 4.35. The predicted octanol–water partition coefficient (Wildman–Crippen LogP) is 3.81. The fraction of sp³-hybridized carbons (Fsp3) is 0.250. The van der Waals surface area contributed by atoms with E-state index >= 15 is 0 Å². The van der Waals surface area contributed by atoms with Crippen molar-refractivity contribution in [1.82, 2.24) is 0 Å². The Hall–Kier alpha value is -2.36. The molecule has 0 fully saturated rings. The van der Waals surface area contributed by atoms with Crippen molar-refractivity contribution in [2.24, 2.45) is 0 Å². The van der Waals surface area contributed by atoms with Crippen molar-refractivity contribution in [2.45, 2.75) is 6.92 Å². The summed E-state index contributed by atoms with van der Waals surface area (Å²) < 4.78 is 21.5. The lowest BCUT2D eigenvalue weighted by Gasteiger charge is -2.12. The van der Waals surface area contributed by atoms with Crippen LogP contribution in [0.3, 0.4) is 0 Å². The lowest BCUT2D eigenvalue weighted by molar-refractivity contribution is 0.352. The first-order valence-electron chi connectivity index (χ1n) is 6.22. The Morgan fingerprint density at radius 3 is 1.95 bits per heavy atom. The van der Waals surface area contributed by atoms with Gasteiger partial charge in [0.25, 0.3) is 0 Å². The van der Waals surface area contributed by atoms with Crippen LogP contribution in [-0.4, -0.2) is 21.3 Å².